The Hall–Kier alpha value is -2.28. The van der Waals surface area contributed by atoms with Crippen LogP contribution in [-0.4, -0.2) is 28.5 Å². The van der Waals surface area contributed by atoms with Crippen molar-refractivity contribution in [1.29, 1.82) is 0 Å². The third-order valence-corrected chi connectivity index (χ3v) is 4.56. The number of ether oxygens (including phenoxy) is 1. The number of thioether (sulfide) groups is 1. The Kier molecular flexibility index (Phi) is 3.89. The lowest BCUT2D eigenvalue weighted by atomic mass is 10.2. The number of nitrogens with one attached hydrogen (secondary N) is 1. The molecule has 0 radical (unpaired) electrons. The lowest BCUT2D eigenvalue weighted by molar-refractivity contribution is -0.140. The number of carbonyl (C=O) groups is 2. The molecule has 7 heteroatoms. The van der Waals surface area contributed by atoms with Gasteiger partial charge in [-0.15, -0.1) is 11.8 Å². The summed E-state index contributed by atoms with van der Waals surface area (Å²) in [6.07, 6.45) is 2.01. The second-order valence-electron chi connectivity index (χ2n) is 4.89. The van der Waals surface area contributed by atoms with Gasteiger partial charge < -0.3 is 10.1 Å². The van der Waals surface area contributed by atoms with E-state index in [1.165, 1.54) is 14.0 Å². The van der Waals surface area contributed by atoms with Gasteiger partial charge in [0.05, 0.1) is 30.7 Å². The summed E-state index contributed by atoms with van der Waals surface area (Å²) in [5, 5.41) is 2.54. The van der Waals surface area contributed by atoms with Gasteiger partial charge in [0, 0.05) is 11.8 Å². The van der Waals surface area contributed by atoms with Gasteiger partial charge in [-0.25, -0.2) is 4.98 Å². The van der Waals surface area contributed by atoms with Gasteiger partial charge in [0.2, 0.25) is 5.91 Å². The summed E-state index contributed by atoms with van der Waals surface area (Å²) in [5.41, 5.74) is 0.993. The molecule has 0 saturated carbocycles. The molecular formula is C15H15N3O3S. The number of amides is 1. The van der Waals surface area contributed by atoms with Crippen LogP contribution in [-0.2, 0) is 14.3 Å². The lowest BCUT2D eigenvalue weighted by Crippen LogP contribution is -2.15. The number of para-hydroxylation sites is 1. The first-order chi connectivity index (χ1) is 10.6. The van der Waals surface area contributed by atoms with E-state index in [2.05, 4.69) is 10.3 Å². The van der Waals surface area contributed by atoms with Crippen LogP contribution in [0.15, 0.2) is 35.4 Å². The van der Waals surface area contributed by atoms with Crippen molar-refractivity contribution in [2.24, 2.45) is 0 Å². The number of carbonyl (C=O) groups excluding carboxylic acids is 2. The number of methoxy groups -OCH3 is 1. The third kappa shape index (κ3) is 2.71. The highest BCUT2D eigenvalue weighted by Crippen LogP contribution is 2.45. The van der Waals surface area contributed by atoms with Crippen LogP contribution in [0.3, 0.4) is 0 Å². The zero-order valence-corrected chi connectivity index (χ0v) is 13.0. The summed E-state index contributed by atoms with van der Waals surface area (Å²) < 4.78 is 6.69. The fourth-order valence-electron chi connectivity index (χ4n) is 2.38. The minimum atomic E-state index is -0.285. The smallest absolute Gasteiger partial charge is 0.307 e. The molecule has 1 N–H and O–H groups in total. The van der Waals surface area contributed by atoms with Gasteiger partial charge in [-0.2, -0.15) is 0 Å². The van der Waals surface area contributed by atoms with Gasteiger partial charge in [-0.05, 0) is 12.1 Å². The van der Waals surface area contributed by atoms with Crippen molar-refractivity contribution in [2.45, 2.75) is 23.5 Å². The summed E-state index contributed by atoms with van der Waals surface area (Å²) in [6, 6.07) is 7.89. The van der Waals surface area contributed by atoms with Crippen LogP contribution in [0.25, 0.3) is 5.69 Å². The molecule has 114 valence electrons. The van der Waals surface area contributed by atoms with Gasteiger partial charge >= 0.3 is 5.97 Å². The third-order valence-electron chi connectivity index (χ3n) is 3.30. The molecule has 2 heterocycles. The Morgan fingerprint density at radius 3 is 2.91 bits per heavy atom. The standard InChI is InChI=1S/C15H15N3O3S/c1-9(19)16-13-8-18-10-5-3-4-6-11(10)22-12(15(18)17-13)7-14(20)21-2/h3-6,8,12H,7H2,1-2H3,(H,16,19). The van der Waals surface area contributed by atoms with Crippen molar-refractivity contribution < 1.29 is 14.3 Å². The summed E-state index contributed by atoms with van der Waals surface area (Å²) in [4.78, 5) is 28.4. The number of esters is 1. The highest BCUT2D eigenvalue weighted by molar-refractivity contribution is 7.99. The minimum absolute atomic E-state index is 0.148. The summed E-state index contributed by atoms with van der Waals surface area (Å²) >= 11 is 1.58. The minimum Gasteiger partial charge on any atom is -0.469 e. The predicted octanol–water partition coefficient (Wildman–Crippen LogP) is 2.54. The Morgan fingerprint density at radius 1 is 1.41 bits per heavy atom. The molecule has 1 unspecified atom stereocenters. The SMILES string of the molecule is COC(=O)CC1Sc2ccccc2-n2cc(NC(C)=O)nc21. The normalized spacial score (nSPS) is 15.6. The molecule has 1 aliphatic heterocycles. The molecule has 0 bridgehead atoms. The highest BCUT2D eigenvalue weighted by atomic mass is 32.2. The second-order valence-corrected chi connectivity index (χ2v) is 6.13. The van der Waals surface area contributed by atoms with Crippen LogP contribution in [0, 0.1) is 0 Å². The molecule has 2 aromatic rings. The highest BCUT2D eigenvalue weighted by Gasteiger charge is 2.30. The molecule has 0 fully saturated rings. The molecule has 0 aliphatic carbocycles. The van der Waals surface area contributed by atoms with E-state index in [-0.39, 0.29) is 23.5 Å². The maximum Gasteiger partial charge on any atom is 0.307 e. The quantitative estimate of drug-likeness (QED) is 0.881. The number of nitrogens with zero attached hydrogens (tertiary/aromatic N) is 2. The fourth-order valence-corrected chi connectivity index (χ4v) is 3.63. The molecule has 0 saturated heterocycles. The van der Waals surface area contributed by atoms with E-state index in [0.717, 1.165) is 16.4 Å². The molecule has 1 aliphatic rings. The monoisotopic (exact) mass is 317 g/mol. The first-order valence-electron chi connectivity index (χ1n) is 6.78. The largest absolute Gasteiger partial charge is 0.469 e. The van der Waals surface area contributed by atoms with Crippen LogP contribution >= 0.6 is 11.8 Å². The van der Waals surface area contributed by atoms with E-state index in [1.54, 1.807) is 18.0 Å². The number of imidazole rings is 1. The van der Waals surface area contributed by atoms with Crippen molar-refractivity contribution in [3.05, 3.63) is 36.3 Å². The maximum absolute atomic E-state index is 11.6. The van der Waals surface area contributed by atoms with E-state index in [9.17, 15) is 9.59 Å². The fraction of sp³-hybridized carbons (Fsp3) is 0.267. The van der Waals surface area contributed by atoms with Crippen LogP contribution < -0.4 is 5.32 Å². The van der Waals surface area contributed by atoms with Gasteiger partial charge in [-0.1, -0.05) is 12.1 Å². The predicted molar refractivity (Wildman–Crippen MR) is 83.1 cm³/mol. The van der Waals surface area contributed by atoms with Crippen LogP contribution in [0.5, 0.6) is 0 Å². The van der Waals surface area contributed by atoms with Crippen LogP contribution in [0.2, 0.25) is 0 Å². The van der Waals surface area contributed by atoms with E-state index < -0.39 is 0 Å². The second kappa shape index (κ2) is 5.84. The number of benzene rings is 1. The number of hydrogen-bond donors (Lipinski definition) is 1. The average molecular weight is 317 g/mol. The van der Waals surface area contributed by atoms with E-state index >= 15 is 0 Å². The maximum atomic E-state index is 11.6. The Bertz CT molecular complexity index is 741. The Balaban J connectivity index is 2.04. The summed E-state index contributed by atoms with van der Waals surface area (Å²) in [5.74, 6) is 0.751. The van der Waals surface area contributed by atoms with Crippen molar-refractivity contribution in [3.8, 4) is 5.69 Å². The molecular weight excluding hydrogens is 302 g/mol. The summed E-state index contributed by atoms with van der Waals surface area (Å²) in [6.45, 7) is 1.44. The molecule has 22 heavy (non-hydrogen) atoms. The van der Waals surface area contributed by atoms with Gasteiger partial charge in [0.25, 0.3) is 0 Å². The van der Waals surface area contributed by atoms with Crippen LogP contribution in [0.1, 0.15) is 24.4 Å². The number of rotatable bonds is 3. The van der Waals surface area contributed by atoms with E-state index in [1.807, 2.05) is 28.8 Å². The first kappa shape index (κ1) is 14.6. The number of anilines is 1. The first-order valence-corrected chi connectivity index (χ1v) is 7.66. The van der Waals surface area contributed by atoms with Crippen molar-refractivity contribution in [1.82, 2.24) is 9.55 Å². The molecule has 1 aromatic carbocycles. The molecule has 1 amide bonds. The van der Waals surface area contributed by atoms with Gasteiger partial charge in [-0.3, -0.25) is 14.2 Å². The zero-order valence-electron chi connectivity index (χ0n) is 12.2. The molecule has 3 rings (SSSR count). The Morgan fingerprint density at radius 2 is 2.18 bits per heavy atom. The van der Waals surface area contributed by atoms with E-state index in [0.29, 0.717) is 5.82 Å². The zero-order chi connectivity index (χ0) is 15.7. The number of hydrogen-bond acceptors (Lipinski definition) is 5. The van der Waals surface area contributed by atoms with Crippen molar-refractivity contribution in [3.63, 3.8) is 0 Å². The van der Waals surface area contributed by atoms with Gasteiger partial charge in [0.15, 0.2) is 5.82 Å². The average Bonchev–Trinajstić information content (AvgIpc) is 2.90. The lowest BCUT2D eigenvalue weighted by Gasteiger charge is -2.24. The topological polar surface area (TPSA) is 73.2 Å². The summed E-state index contributed by atoms with van der Waals surface area (Å²) in [7, 11) is 1.37. The molecule has 0 spiro atoms. The van der Waals surface area contributed by atoms with Crippen molar-refractivity contribution in [2.75, 3.05) is 12.4 Å². The molecule has 6 nitrogen and oxygen atoms in total. The molecule has 1 aromatic heterocycles. The van der Waals surface area contributed by atoms with E-state index in [4.69, 9.17) is 4.74 Å². The number of fused-ring (bicyclic) bond motifs is 3. The van der Waals surface area contributed by atoms with Gasteiger partial charge in [0.1, 0.15) is 5.82 Å². The van der Waals surface area contributed by atoms with Crippen LogP contribution in [0.4, 0.5) is 5.82 Å². The van der Waals surface area contributed by atoms with Crippen molar-refractivity contribution >= 4 is 29.5 Å². The Labute approximate surface area is 131 Å². The number of aromatic nitrogens is 2. The molecule has 1 atom stereocenters.